The Bertz CT molecular complexity index is 358. The van der Waals surface area contributed by atoms with E-state index in [1.165, 1.54) is 0 Å². The van der Waals surface area contributed by atoms with E-state index in [0.717, 1.165) is 0 Å². The summed E-state index contributed by atoms with van der Waals surface area (Å²) in [4.78, 5) is 11.5. The summed E-state index contributed by atoms with van der Waals surface area (Å²) in [5, 5.41) is 6.00. The standard InChI is InChI=1S/C11H15ClN2O/c1-11(2,3)14-10(15)13-9-7-5-4-6-8(9)12/h4-7H,1-3H3,(H2,13,14,15). The van der Waals surface area contributed by atoms with Crippen LogP contribution in [0.3, 0.4) is 0 Å². The molecule has 2 N–H and O–H groups in total. The van der Waals surface area contributed by atoms with Crippen molar-refractivity contribution in [3.63, 3.8) is 0 Å². The Balaban J connectivity index is 2.64. The molecule has 1 rings (SSSR count). The van der Waals surface area contributed by atoms with Gasteiger partial charge in [0.1, 0.15) is 0 Å². The highest BCUT2D eigenvalue weighted by atomic mass is 35.5. The fourth-order valence-electron chi connectivity index (χ4n) is 1.06. The van der Waals surface area contributed by atoms with Gasteiger partial charge in [-0.2, -0.15) is 0 Å². The molecule has 1 aromatic rings. The summed E-state index contributed by atoms with van der Waals surface area (Å²) in [5.41, 5.74) is 0.353. The van der Waals surface area contributed by atoms with Crippen molar-refractivity contribution in [1.82, 2.24) is 5.32 Å². The molecule has 0 fully saturated rings. The summed E-state index contributed by atoms with van der Waals surface area (Å²) >= 11 is 5.90. The molecule has 0 aliphatic carbocycles. The number of amides is 2. The second-order valence-electron chi connectivity index (χ2n) is 4.31. The molecule has 0 heterocycles. The van der Waals surface area contributed by atoms with Crippen LogP contribution in [0, 0.1) is 0 Å². The monoisotopic (exact) mass is 226 g/mol. The maximum atomic E-state index is 11.5. The number of carbonyl (C=O) groups excluding carboxylic acids is 1. The molecule has 0 atom stereocenters. The molecule has 82 valence electrons. The minimum atomic E-state index is -0.259. The van der Waals surface area contributed by atoms with E-state index in [0.29, 0.717) is 10.7 Å². The van der Waals surface area contributed by atoms with E-state index in [1.54, 1.807) is 12.1 Å². The van der Waals surface area contributed by atoms with E-state index in [9.17, 15) is 4.79 Å². The lowest BCUT2D eigenvalue weighted by atomic mass is 10.1. The fraction of sp³-hybridized carbons (Fsp3) is 0.364. The number of rotatable bonds is 1. The Morgan fingerprint density at radius 2 is 1.87 bits per heavy atom. The van der Waals surface area contributed by atoms with Gasteiger partial charge < -0.3 is 10.6 Å². The van der Waals surface area contributed by atoms with Crippen LogP contribution in [0.15, 0.2) is 24.3 Å². The van der Waals surface area contributed by atoms with Gasteiger partial charge >= 0.3 is 6.03 Å². The van der Waals surface area contributed by atoms with Gasteiger partial charge in [0.15, 0.2) is 0 Å². The number of hydrogen-bond acceptors (Lipinski definition) is 1. The number of benzene rings is 1. The van der Waals surface area contributed by atoms with Gasteiger partial charge in [0, 0.05) is 5.54 Å². The first-order valence-corrected chi connectivity index (χ1v) is 5.10. The molecule has 0 radical (unpaired) electrons. The Labute approximate surface area is 94.8 Å². The minimum Gasteiger partial charge on any atom is -0.333 e. The Kier molecular flexibility index (Phi) is 3.58. The molecule has 0 bridgehead atoms. The van der Waals surface area contributed by atoms with Crippen molar-refractivity contribution in [3.05, 3.63) is 29.3 Å². The van der Waals surface area contributed by atoms with Crippen LogP contribution in [0.5, 0.6) is 0 Å². The van der Waals surface area contributed by atoms with E-state index < -0.39 is 0 Å². The zero-order chi connectivity index (χ0) is 11.5. The molecule has 1 aromatic carbocycles. The van der Waals surface area contributed by atoms with Crippen LogP contribution in [0.1, 0.15) is 20.8 Å². The van der Waals surface area contributed by atoms with Gasteiger partial charge in [-0.15, -0.1) is 0 Å². The summed E-state index contributed by atoms with van der Waals surface area (Å²) < 4.78 is 0. The van der Waals surface area contributed by atoms with Crippen molar-refractivity contribution >= 4 is 23.3 Å². The number of nitrogens with one attached hydrogen (secondary N) is 2. The van der Waals surface area contributed by atoms with Crippen LogP contribution >= 0.6 is 11.6 Å². The first kappa shape index (κ1) is 11.9. The lowest BCUT2D eigenvalue weighted by Gasteiger charge is -2.20. The smallest absolute Gasteiger partial charge is 0.319 e. The number of carbonyl (C=O) groups is 1. The summed E-state index contributed by atoms with van der Waals surface area (Å²) in [6.45, 7) is 5.75. The van der Waals surface area contributed by atoms with Gasteiger partial charge in [-0.05, 0) is 32.9 Å². The van der Waals surface area contributed by atoms with Gasteiger partial charge in [0.05, 0.1) is 10.7 Å². The highest BCUT2D eigenvalue weighted by molar-refractivity contribution is 6.33. The summed E-state index contributed by atoms with van der Waals surface area (Å²) in [6, 6.07) is 6.86. The molecule has 3 nitrogen and oxygen atoms in total. The Hall–Kier alpha value is -1.22. The maximum absolute atomic E-state index is 11.5. The highest BCUT2D eigenvalue weighted by Crippen LogP contribution is 2.20. The number of halogens is 1. The average Bonchev–Trinajstić information content (AvgIpc) is 2.05. The van der Waals surface area contributed by atoms with Crippen LogP contribution < -0.4 is 10.6 Å². The molecule has 0 saturated carbocycles. The van der Waals surface area contributed by atoms with Gasteiger partial charge in [0.2, 0.25) is 0 Å². The number of hydrogen-bond donors (Lipinski definition) is 2. The van der Waals surface area contributed by atoms with Crippen molar-refractivity contribution in [2.45, 2.75) is 26.3 Å². The lowest BCUT2D eigenvalue weighted by Crippen LogP contribution is -2.43. The zero-order valence-electron chi connectivity index (χ0n) is 9.10. The molecule has 0 unspecified atom stereocenters. The predicted molar refractivity (Wildman–Crippen MR) is 63.4 cm³/mol. The molecule has 0 aliphatic rings. The van der Waals surface area contributed by atoms with Gasteiger partial charge in [0.25, 0.3) is 0 Å². The third-order valence-electron chi connectivity index (χ3n) is 1.61. The van der Waals surface area contributed by atoms with E-state index >= 15 is 0 Å². The van der Waals surface area contributed by atoms with Crippen molar-refractivity contribution < 1.29 is 4.79 Å². The van der Waals surface area contributed by atoms with E-state index in [4.69, 9.17) is 11.6 Å². The largest absolute Gasteiger partial charge is 0.333 e. The second kappa shape index (κ2) is 4.53. The normalized spacial score (nSPS) is 10.9. The molecule has 0 aliphatic heterocycles. The van der Waals surface area contributed by atoms with Crippen LogP contribution in [-0.2, 0) is 0 Å². The van der Waals surface area contributed by atoms with E-state index in [-0.39, 0.29) is 11.6 Å². The van der Waals surface area contributed by atoms with Crippen molar-refractivity contribution in [2.24, 2.45) is 0 Å². The quantitative estimate of drug-likeness (QED) is 0.758. The SMILES string of the molecule is CC(C)(C)NC(=O)Nc1ccccc1Cl. The first-order chi connectivity index (χ1) is 6.88. The third kappa shape index (κ3) is 4.21. The molecule has 15 heavy (non-hydrogen) atoms. The van der Waals surface area contributed by atoms with Crippen LogP contribution in [0.2, 0.25) is 5.02 Å². The van der Waals surface area contributed by atoms with Crippen molar-refractivity contribution in [3.8, 4) is 0 Å². The molecule has 4 heteroatoms. The molecule has 0 spiro atoms. The molecular formula is C11H15ClN2O. The Morgan fingerprint density at radius 3 is 2.40 bits per heavy atom. The van der Waals surface area contributed by atoms with E-state index in [1.807, 2.05) is 32.9 Å². The molecular weight excluding hydrogens is 212 g/mol. The summed E-state index contributed by atoms with van der Waals surface area (Å²) in [6.07, 6.45) is 0. The van der Waals surface area contributed by atoms with Crippen molar-refractivity contribution in [2.75, 3.05) is 5.32 Å². The third-order valence-corrected chi connectivity index (χ3v) is 1.94. The van der Waals surface area contributed by atoms with Crippen LogP contribution in [0.4, 0.5) is 10.5 Å². The van der Waals surface area contributed by atoms with Crippen LogP contribution in [-0.4, -0.2) is 11.6 Å². The summed E-state index contributed by atoms with van der Waals surface area (Å²) in [5.74, 6) is 0. The topological polar surface area (TPSA) is 41.1 Å². The molecule has 0 aromatic heterocycles. The van der Waals surface area contributed by atoms with Gasteiger partial charge in [-0.3, -0.25) is 0 Å². The second-order valence-corrected chi connectivity index (χ2v) is 4.72. The Morgan fingerprint density at radius 1 is 1.27 bits per heavy atom. The highest BCUT2D eigenvalue weighted by Gasteiger charge is 2.13. The predicted octanol–water partition coefficient (Wildman–Crippen LogP) is 3.26. The van der Waals surface area contributed by atoms with E-state index in [2.05, 4.69) is 10.6 Å². The lowest BCUT2D eigenvalue weighted by molar-refractivity contribution is 0.244. The number of anilines is 1. The minimum absolute atomic E-state index is 0.254. The maximum Gasteiger partial charge on any atom is 0.319 e. The fourth-order valence-corrected chi connectivity index (χ4v) is 1.24. The van der Waals surface area contributed by atoms with Crippen LogP contribution in [0.25, 0.3) is 0 Å². The number of urea groups is 1. The van der Waals surface area contributed by atoms with Crippen molar-refractivity contribution in [1.29, 1.82) is 0 Å². The summed E-state index contributed by atoms with van der Waals surface area (Å²) in [7, 11) is 0. The zero-order valence-corrected chi connectivity index (χ0v) is 9.85. The average molecular weight is 227 g/mol. The van der Waals surface area contributed by atoms with Gasteiger partial charge in [-0.1, -0.05) is 23.7 Å². The molecule has 2 amide bonds. The number of para-hydroxylation sites is 1. The first-order valence-electron chi connectivity index (χ1n) is 4.72. The van der Waals surface area contributed by atoms with Gasteiger partial charge in [-0.25, -0.2) is 4.79 Å². The molecule has 0 saturated heterocycles.